The quantitative estimate of drug-likeness (QED) is 0.480. The number of carbonyl (C=O) groups excluding carboxylic acids is 1. The van der Waals surface area contributed by atoms with Gasteiger partial charge in [-0.3, -0.25) is 10.1 Å². The van der Waals surface area contributed by atoms with E-state index in [1.165, 1.54) is 26.4 Å². The second-order valence-corrected chi connectivity index (χ2v) is 4.37. The maximum atomic E-state index is 11.7. The van der Waals surface area contributed by atoms with Crippen LogP contribution in [-0.4, -0.2) is 36.1 Å². The van der Waals surface area contributed by atoms with Crippen LogP contribution in [0, 0.1) is 16.0 Å². The van der Waals surface area contributed by atoms with E-state index in [-0.39, 0.29) is 23.3 Å². The van der Waals surface area contributed by atoms with Crippen molar-refractivity contribution in [1.29, 1.82) is 0 Å². The van der Waals surface area contributed by atoms with Crippen LogP contribution in [0.2, 0.25) is 0 Å². The summed E-state index contributed by atoms with van der Waals surface area (Å²) < 4.78 is 9.60. The van der Waals surface area contributed by atoms with Crippen LogP contribution in [0.4, 0.5) is 11.5 Å². The third-order valence-electron chi connectivity index (χ3n) is 2.67. The molecule has 8 heteroatoms. The highest BCUT2D eigenvalue weighted by Crippen LogP contribution is 2.26. The normalized spacial score (nSPS) is 11.8. The van der Waals surface area contributed by atoms with Crippen LogP contribution in [0.3, 0.4) is 0 Å². The number of esters is 1. The zero-order valence-electron chi connectivity index (χ0n) is 11.7. The molecule has 1 aromatic rings. The smallest absolute Gasteiger partial charge is 0.328 e. The van der Waals surface area contributed by atoms with E-state index in [1.807, 2.05) is 0 Å². The number of nitrogens with zero attached hydrogens (tertiary/aromatic N) is 2. The molecule has 1 rings (SSSR count). The molecule has 0 radical (unpaired) electrons. The Morgan fingerprint density at radius 1 is 1.40 bits per heavy atom. The number of nitro groups is 1. The molecule has 0 spiro atoms. The molecule has 0 aromatic carbocycles. The van der Waals surface area contributed by atoms with Gasteiger partial charge in [-0.15, -0.1) is 0 Å². The highest BCUT2D eigenvalue weighted by Gasteiger charge is 2.27. The highest BCUT2D eigenvalue weighted by atomic mass is 16.6. The molecule has 0 saturated carbocycles. The largest absolute Gasteiger partial charge is 0.481 e. The van der Waals surface area contributed by atoms with Gasteiger partial charge in [0.15, 0.2) is 0 Å². The summed E-state index contributed by atoms with van der Waals surface area (Å²) in [6.45, 7) is 3.58. The van der Waals surface area contributed by atoms with Gasteiger partial charge in [-0.2, -0.15) is 4.98 Å². The molecular weight excluding hydrogens is 266 g/mol. The van der Waals surface area contributed by atoms with Crippen molar-refractivity contribution < 1.29 is 19.2 Å². The Hall–Kier alpha value is -2.38. The van der Waals surface area contributed by atoms with Crippen molar-refractivity contribution in [1.82, 2.24) is 4.98 Å². The second-order valence-electron chi connectivity index (χ2n) is 4.37. The Morgan fingerprint density at radius 3 is 2.50 bits per heavy atom. The van der Waals surface area contributed by atoms with E-state index in [0.29, 0.717) is 0 Å². The lowest BCUT2D eigenvalue weighted by Gasteiger charge is -2.20. The van der Waals surface area contributed by atoms with E-state index in [9.17, 15) is 14.9 Å². The summed E-state index contributed by atoms with van der Waals surface area (Å²) in [5.74, 6) is -0.460. The molecule has 1 N–H and O–H groups in total. The fourth-order valence-electron chi connectivity index (χ4n) is 1.57. The first-order valence-electron chi connectivity index (χ1n) is 5.94. The van der Waals surface area contributed by atoms with Gasteiger partial charge >= 0.3 is 11.7 Å². The standard InChI is InChI=1S/C12H17N3O5/c1-7(2)10(12(16)20-4)14-11-8(15(17)18)5-6-9(13-11)19-3/h5-7,10H,1-4H3,(H,13,14). The molecule has 0 aliphatic carbocycles. The topological polar surface area (TPSA) is 104 Å². The number of hydrogen-bond donors (Lipinski definition) is 1. The number of rotatable bonds is 6. The fourth-order valence-corrected chi connectivity index (χ4v) is 1.57. The Balaban J connectivity index is 3.15. The first-order valence-corrected chi connectivity index (χ1v) is 5.94. The third kappa shape index (κ3) is 3.56. The number of pyridine rings is 1. The highest BCUT2D eigenvalue weighted by molar-refractivity contribution is 5.80. The lowest BCUT2D eigenvalue weighted by atomic mass is 10.0. The molecule has 1 atom stereocenters. The maximum Gasteiger partial charge on any atom is 0.328 e. The van der Waals surface area contributed by atoms with Crippen LogP contribution in [-0.2, 0) is 9.53 Å². The monoisotopic (exact) mass is 283 g/mol. The van der Waals surface area contributed by atoms with Crippen LogP contribution >= 0.6 is 0 Å². The third-order valence-corrected chi connectivity index (χ3v) is 2.67. The minimum absolute atomic E-state index is 0.0292. The van der Waals surface area contributed by atoms with Crippen LogP contribution in [0.25, 0.3) is 0 Å². The first kappa shape index (κ1) is 15.7. The molecule has 0 aliphatic heterocycles. The summed E-state index contributed by atoms with van der Waals surface area (Å²) in [7, 11) is 2.66. The summed E-state index contributed by atoms with van der Waals surface area (Å²) in [5.41, 5.74) is -0.236. The van der Waals surface area contributed by atoms with E-state index in [1.54, 1.807) is 13.8 Å². The predicted molar refractivity (Wildman–Crippen MR) is 71.7 cm³/mol. The van der Waals surface area contributed by atoms with Gasteiger partial charge in [0.2, 0.25) is 11.7 Å². The minimum atomic E-state index is -0.738. The molecule has 20 heavy (non-hydrogen) atoms. The van der Waals surface area contributed by atoms with E-state index < -0.39 is 16.9 Å². The lowest BCUT2D eigenvalue weighted by molar-refractivity contribution is -0.384. The van der Waals surface area contributed by atoms with Crippen molar-refractivity contribution in [3.05, 3.63) is 22.2 Å². The first-order chi connectivity index (χ1) is 9.40. The number of aromatic nitrogens is 1. The van der Waals surface area contributed by atoms with E-state index in [4.69, 9.17) is 4.74 Å². The Bertz CT molecular complexity index is 504. The zero-order chi connectivity index (χ0) is 15.3. The van der Waals surface area contributed by atoms with Gasteiger partial charge < -0.3 is 14.8 Å². The summed E-state index contributed by atoms with van der Waals surface area (Å²) >= 11 is 0. The van der Waals surface area contributed by atoms with Crippen molar-refractivity contribution >= 4 is 17.5 Å². The SMILES string of the molecule is COC(=O)C(Nc1nc(OC)ccc1[N+](=O)[O-])C(C)C. The number of anilines is 1. The van der Waals surface area contributed by atoms with Gasteiger partial charge in [-0.25, -0.2) is 4.79 Å². The molecule has 1 heterocycles. The molecule has 0 bridgehead atoms. The molecule has 0 fully saturated rings. The van der Waals surface area contributed by atoms with Gasteiger partial charge in [0.1, 0.15) is 6.04 Å². The summed E-state index contributed by atoms with van der Waals surface area (Å²) in [4.78, 5) is 26.0. The van der Waals surface area contributed by atoms with Crippen molar-refractivity contribution in [2.24, 2.45) is 5.92 Å². The number of hydrogen-bond acceptors (Lipinski definition) is 7. The lowest BCUT2D eigenvalue weighted by Crippen LogP contribution is -2.36. The summed E-state index contributed by atoms with van der Waals surface area (Å²) in [6.07, 6.45) is 0. The predicted octanol–water partition coefficient (Wildman–Crippen LogP) is 1.61. The van der Waals surface area contributed by atoms with Gasteiger partial charge in [-0.1, -0.05) is 13.8 Å². The van der Waals surface area contributed by atoms with Gasteiger partial charge in [0, 0.05) is 12.1 Å². The van der Waals surface area contributed by atoms with Crippen molar-refractivity contribution in [3.8, 4) is 5.88 Å². The number of methoxy groups -OCH3 is 2. The van der Waals surface area contributed by atoms with Crippen molar-refractivity contribution in [3.63, 3.8) is 0 Å². The van der Waals surface area contributed by atoms with Crippen LogP contribution < -0.4 is 10.1 Å². The number of ether oxygens (including phenoxy) is 2. The Kier molecular flexibility index (Phi) is 5.24. The molecular formula is C12H17N3O5. The van der Waals surface area contributed by atoms with Gasteiger partial charge in [0.25, 0.3) is 0 Å². The van der Waals surface area contributed by atoms with E-state index in [2.05, 4.69) is 15.0 Å². The van der Waals surface area contributed by atoms with E-state index in [0.717, 1.165) is 0 Å². The molecule has 0 amide bonds. The van der Waals surface area contributed by atoms with Gasteiger partial charge in [0.05, 0.1) is 19.1 Å². The van der Waals surface area contributed by atoms with Crippen molar-refractivity contribution in [2.45, 2.75) is 19.9 Å². The molecule has 1 aromatic heterocycles. The fraction of sp³-hybridized carbons (Fsp3) is 0.500. The summed E-state index contributed by atoms with van der Waals surface area (Å²) in [5, 5.41) is 13.7. The van der Waals surface area contributed by atoms with Crippen LogP contribution in [0.5, 0.6) is 5.88 Å². The molecule has 0 aliphatic rings. The van der Waals surface area contributed by atoms with Gasteiger partial charge in [-0.05, 0) is 5.92 Å². The molecule has 110 valence electrons. The molecule has 0 saturated heterocycles. The zero-order valence-corrected chi connectivity index (χ0v) is 11.7. The van der Waals surface area contributed by atoms with E-state index >= 15 is 0 Å². The van der Waals surface area contributed by atoms with Crippen molar-refractivity contribution in [2.75, 3.05) is 19.5 Å². The Labute approximate surface area is 116 Å². The Morgan fingerprint density at radius 2 is 2.05 bits per heavy atom. The average molecular weight is 283 g/mol. The van der Waals surface area contributed by atoms with Crippen LogP contribution in [0.15, 0.2) is 12.1 Å². The summed E-state index contributed by atoms with van der Waals surface area (Å²) in [6, 6.07) is 1.91. The molecule has 8 nitrogen and oxygen atoms in total. The minimum Gasteiger partial charge on any atom is -0.481 e. The molecule has 1 unspecified atom stereocenters. The number of nitrogens with one attached hydrogen (secondary N) is 1. The number of carbonyl (C=O) groups is 1. The van der Waals surface area contributed by atoms with Crippen LogP contribution in [0.1, 0.15) is 13.8 Å². The second kappa shape index (κ2) is 6.69. The average Bonchev–Trinajstić information content (AvgIpc) is 2.42. The maximum absolute atomic E-state index is 11.7.